The molecule has 21 heavy (non-hydrogen) atoms. The van der Waals surface area contributed by atoms with E-state index in [0.717, 1.165) is 60.5 Å². The van der Waals surface area contributed by atoms with Crippen LogP contribution in [0.15, 0.2) is 29.0 Å². The van der Waals surface area contributed by atoms with E-state index in [-0.39, 0.29) is 0 Å². The molecule has 2 aromatic heterocycles. The summed E-state index contributed by atoms with van der Waals surface area (Å²) in [5.41, 5.74) is 2.90. The zero-order valence-electron chi connectivity index (χ0n) is 12.2. The van der Waals surface area contributed by atoms with Gasteiger partial charge in [0.05, 0.1) is 11.2 Å². The molecule has 0 aliphatic carbocycles. The molecule has 0 bridgehead atoms. The standard InChI is InChI=1S/C15H20BrN5/c1-20-6-8-21(9-7-20)5-4-18-13-2-3-17-14-10-12(16)11-19-15(13)14/h2-3,10-11H,4-9H2,1H3,(H,17,18). The number of likely N-dealkylation sites (N-methyl/N-ethyl adjacent to an activating group) is 1. The van der Waals surface area contributed by atoms with Crippen molar-refractivity contribution in [3.05, 3.63) is 29.0 Å². The van der Waals surface area contributed by atoms with E-state index in [0.29, 0.717) is 0 Å². The molecule has 112 valence electrons. The summed E-state index contributed by atoms with van der Waals surface area (Å²) in [5.74, 6) is 0. The van der Waals surface area contributed by atoms with Crippen molar-refractivity contribution in [3.63, 3.8) is 0 Å². The number of aromatic nitrogens is 2. The average Bonchev–Trinajstić information content (AvgIpc) is 2.49. The predicted molar refractivity (Wildman–Crippen MR) is 89.7 cm³/mol. The summed E-state index contributed by atoms with van der Waals surface area (Å²) in [7, 11) is 2.18. The number of rotatable bonds is 4. The van der Waals surface area contributed by atoms with Gasteiger partial charge in [-0.05, 0) is 35.1 Å². The highest BCUT2D eigenvalue weighted by Crippen LogP contribution is 2.21. The zero-order chi connectivity index (χ0) is 14.7. The van der Waals surface area contributed by atoms with Crippen LogP contribution >= 0.6 is 15.9 Å². The molecule has 0 aromatic carbocycles. The molecule has 3 rings (SSSR count). The van der Waals surface area contributed by atoms with Gasteiger partial charge in [-0.1, -0.05) is 0 Å². The first kappa shape index (κ1) is 14.7. The molecule has 5 nitrogen and oxygen atoms in total. The highest BCUT2D eigenvalue weighted by atomic mass is 79.9. The second-order valence-corrected chi connectivity index (χ2v) is 6.37. The molecular weight excluding hydrogens is 330 g/mol. The Kier molecular flexibility index (Phi) is 4.67. The first-order valence-corrected chi connectivity index (χ1v) is 8.07. The van der Waals surface area contributed by atoms with Gasteiger partial charge in [-0.2, -0.15) is 0 Å². The van der Waals surface area contributed by atoms with Gasteiger partial charge in [-0.15, -0.1) is 0 Å². The minimum Gasteiger partial charge on any atom is -0.382 e. The molecule has 1 fully saturated rings. The van der Waals surface area contributed by atoms with Gasteiger partial charge in [0.1, 0.15) is 5.52 Å². The van der Waals surface area contributed by atoms with Gasteiger partial charge in [0.25, 0.3) is 0 Å². The van der Waals surface area contributed by atoms with Gasteiger partial charge in [0.2, 0.25) is 0 Å². The monoisotopic (exact) mass is 349 g/mol. The van der Waals surface area contributed by atoms with Crippen LogP contribution in [0.3, 0.4) is 0 Å². The summed E-state index contributed by atoms with van der Waals surface area (Å²) in [6.07, 6.45) is 3.64. The largest absolute Gasteiger partial charge is 0.382 e. The number of hydrogen-bond donors (Lipinski definition) is 1. The molecule has 1 N–H and O–H groups in total. The number of nitrogens with one attached hydrogen (secondary N) is 1. The Morgan fingerprint density at radius 1 is 1.24 bits per heavy atom. The Labute approximate surface area is 133 Å². The molecule has 0 spiro atoms. The number of anilines is 1. The highest BCUT2D eigenvalue weighted by molar-refractivity contribution is 9.10. The van der Waals surface area contributed by atoms with Crippen molar-refractivity contribution >= 4 is 32.7 Å². The van der Waals surface area contributed by atoms with Crippen molar-refractivity contribution in [2.45, 2.75) is 0 Å². The van der Waals surface area contributed by atoms with E-state index < -0.39 is 0 Å². The smallest absolute Gasteiger partial charge is 0.112 e. The normalized spacial score (nSPS) is 17.2. The van der Waals surface area contributed by atoms with Gasteiger partial charge in [-0.3, -0.25) is 14.9 Å². The fourth-order valence-corrected chi connectivity index (χ4v) is 2.89. The van der Waals surface area contributed by atoms with Gasteiger partial charge < -0.3 is 10.2 Å². The molecule has 0 saturated carbocycles. The van der Waals surface area contributed by atoms with Crippen molar-refractivity contribution < 1.29 is 0 Å². The van der Waals surface area contributed by atoms with Crippen molar-refractivity contribution in [2.24, 2.45) is 0 Å². The Bertz CT molecular complexity index is 610. The quantitative estimate of drug-likeness (QED) is 0.915. The first-order valence-electron chi connectivity index (χ1n) is 7.27. The number of pyridine rings is 2. The fourth-order valence-electron chi connectivity index (χ4n) is 2.57. The summed E-state index contributed by atoms with van der Waals surface area (Å²) in [6, 6.07) is 3.99. The maximum Gasteiger partial charge on any atom is 0.112 e. The molecule has 1 aliphatic heterocycles. The fraction of sp³-hybridized carbons (Fsp3) is 0.467. The van der Waals surface area contributed by atoms with Crippen molar-refractivity contribution in [3.8, 4) is 0 Å². The molecule has 1 aliphatic rings. The zero-order valence-corrected chi connectivity index (χ0v) is 13.8. The van der Waals surface area contributed by atoms with Crippen LogP contribution in [0.2, 0.25) is 0 Å². The number of nitrogens with zero attached hydrogens (tertiary/aromatic N) is 4. The third-order valence-corrected chi connectivity index (χ3v) is 4.32. The van der Waals surface area contributed by atoms with Crippen LogP contribution in [-0.2, 0) is 0 Å². The molecule has 0 amide bonds. The Balaban J connectivity index is 1.60. The lowest BCUT2D eigenvalue weighted by Crippen LogP contribution is -2.45. The number of halogens is 1. The molecular formula is C15H20BrN5. The van der Waals surface area contributed by atoms with Crippen LogP contribution in [0.4, 0.5) is 5.69 Å². The topological polar surface area (TPSA) is 44.3 Å². The average molecular weight is 350 g/mol. The lowest BCUT2D eigenvalue weighted by Gasteiger charge is -2.32. The third-order valence-electron chi connectivity index (χ3n) is 3.88. The van der Waals surface area contributed by atoms with E-state index in [1.807, 2.05) is 24.5 Å². The molecule has 0 unspecified atom stereocenters. The molecule has 6 heteroatoms. The highest BCUT2D eigenvalue weighted by Gasteiger charge is 2.13. The summed E-state index contributed by atoms with van der Waals surface area (Å²) in [6.45, 7) is 6.62. The summed E-state index contributed by atoms with van der Waals surface area (Å²) < 4.78 is 0.956. The molecule has 3 heterocycles. The number of fused-ring (bicyclic) bond motifs is 1. The van der Waals surface area contributed by atoms with Gasteiger partial charge >= 0.3 is 0 Å². The van der Waals surface area contributed by atoms with Crippen LogP contribution in [0, 0.1) is 0 Å². The third kappa shape index (κ3) is 3.70. The lowest BCUT2D eigenvalue weighted by molar-refractivity contribution is 0.158. The van der Waals surface area contributed by atoms with E-state index in [1.54, 1.807) is 0 Å². The Morgan fingerprint density at radius 3 is 2.86 bits per heavy atom. The summed E-state index contributed by atoms with van der Waals surface area (Å²) in [4.78, 5) is 13.7. The Hall–Kier alpha value is -1.24. The van der Waals surface area contributed by atoms with Crippen LogP contribution in [0.25, 0.3) is 11.0 Å². The summed E-state index contributed by atoms with van der Waals surface area (Å²) >= 11 is 3.43. The SMILES string of the molecule is CN1CCN(CCNc2ccnc3cc(Br)cnc23)CC1. The number of hydrogen-bond acceptors (Lipinski definition) is 5. The molecule has 0 radical (unpaired) electrons. The van der Waals surface area contributed by atoms with Gasteiger partial charge in [0, 0.05) is 56.1 Å². The number of piperazine rings is 1. The van der Waals surface area contributed by atoms with E-state index >= 15 is 0 Å². The van der Waals surface area contributed by atoms with Crippen molar-refractivity contribution in [1.29, 1.82) is 0 Å². The van der Waals surface area contributed by atoms with E-state index in [4.69, 9.17) is 0 Å². The van der Waals surface area contributed by atoms with Gasteiger partial charge in [-0.25, -0.2) is 0 Å². The molecule has 1 saturated heterocycles. The maximum atomic E-state index is 4.46. The summed E-state index contributed by atoms with van der Waals surface area (Å²) in [5, 5.41) is 3.49. The Morgan fingerprint density at radius 2 is 2.05 bits per heavy atom. The molecule has 0 atom stereocenters. The minimum atomic E-state index is 0.911. The van der Waals surface area contributed by atoms with Crippen LogP contribution in [0.1, 0.15) is 0 Å². The van der Waals surface area contributed by atoms with Crippen LogP contribution in [-0.4, -0.2) is 66.1 Å². The van der Waals surface area contributed by atoms with Crippen LogP contribution < -0.4 is 5.32 Å². The van der Waals surface area contributed by atoms with E-state index in [1.165, 1.54) is 0 Å². The second-order valence-electron chi connectivity index (χ2n) is 5.45. The predicted octanol–water partition coefficient (Wildman–Crippen LogP) is 2.05. The van der Waals surface area contributed by atoms with Crippen molar-refractivity contribution in [2.75, 3.05) is 51.6 Å². The van der Waals surface area contributed by atoms with Crippen LogP contribution in [0.5, 0.6) is 0 Å². The van der Waals surface area contributed by atoms with E-state index in [2.05, 4.69) is 48.1 Å². The van der Waals surface area contributed by atoms with Crippen molar-refractivity contribution in [1.82, 2.24) is 19.8 Å². The van der Waals surface area contributed by atoms with E-state index in [9.17, 15) is 0 Å². The lowest BCUT2D eigenvalue weighted by atomic mass is 10.2. The van der Waals surface area contributed by atoms with Gasteiger partial charge in [0.15, 0.2) is 0 Å². The maximum absolute atomic E-state index is 4.46. The first-order chi connectivity index (χ1) is 10.2. The molecule has 2 aromatic rings. The minimum absolute atomic E-state index is 0.911. The second kappa shape index (κ2) is 6.68.